The molecule has 0 radical (unpaired) electrons. The first-order chi connectivity index (χ1) is 25.1. The van der Waals surface area contributed by atoms with Crippen molar-refractivity contribution < 1.29 is 52.7 Å². The van der Waals surface area contributed by atoms with Crippen molar-refractivity contribution in [2.75, 3.05) is 70.8 Å². The molecule has 20 nitrogen and oxygen atoms in total. The molecule has 22 heteroatoms. The molecule has 0 saturated carbocycles. The summed E-state index contributed by atoms with van der Waals surface area (Å²) in [6, 6.07) is 0.357. The predicted molar refractivity (Wildman–Crippen MR) is 188 cm³/mol. The molecule has 3 amide bonds. The lowest BCUT2D eigenvalue weighted by molar-refractivity contribution is -0.121. The number of unbranched alkanes of at least 4 members (excludes halogenated alkanes) is 1. The molecule has 9 N–H and O–H groups in total. The number of imidazole rings is 1. The van der Waals surface area contributed by atoms with Crippen LogP contribution in [0.5, 0.6) is 0 Å². The second-order valence-electron chi connectivity index (χ2n) is 12.6. The summed E-state index contributed by atoms with van der Waals surface area (Å²) in [5, 5.41) is 32.7. The first-order valence-electron chi connectivity index (χ1n) is 17.5. The Balaban J connectivity index is 0.793. The number of nitrogens with two attached hydrogens (primary N) is 1. The Labute approximate surface area is 305 Å². The largest absolute Gasteiger partial charge is 0.403 e. The van der Waals surface area contributed by atoms with Crippen molar-refractivity contribution in [3.05, 3.63) is 12.7 Å². The van der Waals surface area contributed by atoms with Crippen LogP contribution in [0.1, 0.15) is 44.8 Å². The van der Waals surface area contributed by atoms with E-state index in [9.17, 15) is 29.3 Å². The topological polar surface area (TPSA) is 276 Å². The molecule has 5 heterocycles. The van der Waals surface area contributed by atoms with E-state index < -0.39 is 38.9 Å². The van der Waals surface area contributed by atoms with Gasteiger partial charge in [0.2, 0.25) is 5.91 Å². The second-order valence-corrected chi connectivity index (χ2v) is 15.5. The lowest BCUT2D eigenvalue weighted by atomic mass is 10.0. The monoisotopic (exact) mass is 775 g/mol. The van der Waals surface area contributed by atoms with E-state index in [4.69, 9.17) is 29.2 Å². The van der Waals surface area contributed by atoms with Gasteiger partial charge in [-0.1, -0.05) is 6.42 Å². The number of amides is 3. The number of carbonyl (C=O) groups excluding carboxylic acids is 2. The molecular weight excluding hydrogens is 725 g/mol. The predicted octanol–water partition coefficient (Wildman–Crippen LogP) is -0.594. The van der Waals surface area contributed by atoms with E-state index in [0.717, 1.165) is 25.0 Å². The highest BCUT2D eigenvalue weighted by Crippen LogP contribution is 2.39. The van der Waals surface area contributed by atoms with Gasteiger partial charge in [-0.05, 0) is 25.7 Å². The van der Waals surface area contributed by atoms with Crippen LogP contribution in [0.4, 0.5) is 10.6 Å². The van der Waals surface area contributed by atoms with Gasteiger partial charge in [0.1, 0.15) is 30.2 Å². The Morgan fingerprint density at radius 1 is 1.02 bits per heavy atom. The second kappa shape index (κ2) is 20.1. The Morgan fingerprint density at radius 2 is 1.75 bits per heavy atom. The van der Waals surface area contributed by atoms with Crippen LogP contribution in [0, 0.1) is 0 Å². The van der Waals surface area contributed by atoms with E-state index in [0.29, 0.717) is 81.9 Å². The number of rotatable bonds is 24. The van der Waals surface area contributed by atoms with Crippen molar-refractivity contribution in [3.63, 3.8) is 0 Å². The molecule has 8 atom stereocenters. The number of aliphatic hydroxyl groups is 2. The van der Waals surface area contributed by atoms with Crippen molar-refractivity contribution in [2.45, 2.75) is 80.4 Å². The zero-order chi connectivity index (χ0) is 36.9. The summed E-state index contributed by atoms with van der Waals surface area (Å²) in [7, 11) is -4.23. The third-order valence-electron chi connectivity index (χ3n) is 8.80. The summed E-state index contributed by atoms with van der Waals surface area (Å²) in [4.78, 5) is 45.8. The van der Waals surface area contributed by atoms with Gasteiger partial charge in [-0.15, -0.1) is 0 Å². The van der Waals surface area contributed by atoms with Crippen molar-refractivity contribution in [1.82, 2.24) is 40.6 Å². The van der Waals surface area contributed by atoms with Gasteiger partial charge in [0.15, 0.2) is 17.7 Å². The average Bonchev–Trinajstić information content (AvgIpc) is 3.88. The highest BCUT2D eigenvalue weighted by Gasteiger charge is 2.45. The fourth-order valence-electron chi connectivity index (χ4n) is 6.07. The minimum absolute atomic E-state index is 0.0424. The van der Waals surface area contributed by atoms with Crippen LogP contribution in [0.2, 0.25) is 0 Å². The van der Waals surface area contributed by atoms with E-state index in [1.165, 1.54) is 17.2 Å². The van der Waals surface area contributed by atoms with Crippen LogP contribution in [-0.4, -0.2) is 147 Å². The van der Waals surface area contributed by atoms with Crippen LogP contribution in [-0.2, 0) is 32.8 Å². The standard InChI is InChI=1S/C30H50N9O11PS/c31-27-24-28(34-17-33-27)39(18-35-24)29-26(42)25(41)20(50-29)15-49-51(44,45)36-8-4-10-47-12-14-48-13-11-46-9-3-7-32-22(40)6-2-1-5-21-23-19(16-52-21)37-30(43)38-23/h17-21,23,25-26,29,41-42H,1-16H2,(H,32,40)(H2,31,33,34)(H2,36,44,45)(H2,37,38,43)/t19?,20-,21-,23?,25-,26-,29-/m1/s1. The summed E-state index contributed by atoms with van der Waals surface area (Å²) in [5.74, 6) is 1.13. The molecule has 0 aliphatic carbocycles. The minimum Gasteiger partial charge on any atom is -0.387 e. The molecule has 3 aliphatic rings. The van der Waals surface area contributed by atoms with Gasteiger partial charge in [0.25, 0.3) is 0 Å². The fourth-order valence-corrected chi connectivity index (χ4v) is 8.50. The van der Waals surface area contributed by atoms with E-state index in [-0.39, 0.29) is 36.4 Å². The molecule has 5 rings (SSSR count). The molecular formula is C30H50N9O11PS. The van der Waals surface area contributed by atoms with Crippen molar-refractivity contribution in [1.29, 1.82) is 0 Å². The maximum atomic E-state index is 12.4. The molecule has 292 valence electrons. The molecule has 0 aromatic carbocycles. The molecule has 3 unspecified atom stereocenters. The van der Waals surface area contributed by atoms with Gasteiger partial charge in [-0.25, -0.2) is 29.4 Å². The normalized spacial score (nSPS) is 26.7. The van der Waals surface area contributed by atoms with Crippen molar-refractivity contribution >= 4 is 48.4 Å². The Morgan fingerprint density at radius 3 is 2.52 bits per heavy atom. The molecule has 2 aromatic heterocycles. The Bertz CT molecular complexity index is 1500. The van der Waals surface area contributed by atoms with Crippen LogP contribution in [0.15, 0.2) is 12.7 Å². The van der Waals surface area contributed by atoms with E-state index in [1.54, 1.807) is 0 Å². The summed E-state index contributed by atoms with van der Waals surface area (Å²) < 4.78 is 41.1. The quantitative estimate of drug-likeness (QED) is 0.0376. The fraction of sp³-hybridized carbons (Fsp3) is 0.767. The summed E-state index contributed by atoms with van der Waals surface area (Å²) in [5.41, 5.74) is 6.41. The number of urea groups is 1. The number of hydrogen-bond acceptors (Lipinski definition) is 15. The molecule has 0 spiro atoms. The van der Waals surface area contributed by atoms with Gasteiger partial charge in [-0.3, -0.25) is 13.9 Å². The van der Waals surface area contributed by atoms with Crippen LogP contribution in [0.3, 0.4) is 0 Å². The number of fused-ring (bicyclic) bond motifs is 2. The van der Waals surface area contributed by atoms with Gasteiger partial charge < -0.3 is 55.7 Å². The number of thioether (sulfide) groups is 1. The highest BCUT2D eigenvalue weighted by atomic mass is 32.2. The number of hydrogen-bond donors (Lipinski definition) is 8. The molecule has 3 aliphatic heterocycles. The first-order valence-corrected chi connectivity index (χ1v) is 20.1. The smallest absolute Gasteiger partial charge is 0.387 e. The lowest BCUT2D eigenvalue weighted by Gasteiger charge is -2.18. The number of nitrogens with one attached hydrogen (secondary N) is 4. The highest BCUT2D eigenvalue weighted by molar-refractivity contribution is 8.00. The van der Waals surface area contributed by atoms with Gasteiger partial charge >= 0.3 is 13.8 Å². The molecule has 3 saturated heterocycles. The third kappa shape index (κ3) is 11.7. The summed E-state index contributed by atoms with van der Waals surface area (Å²) in [6.07, 6.45) is 2.04. The summed E-state index contributed by atoms with van der Waals surface area (Å²) >= 11 is 1.89. The number of carbonyl (C=O) groups is 2. The number of nitrogens with zero attached hydrogens (tertiary/aromatic N) is 4. The van der Waals surface area contributed by atoms with E-state index in [2.05, 4.69) is 36.0 Å². The number of nitrogen functional groups attached to an aromatic ring is 1. The maximum Gasteiger partial charge on any atom is 0.403 e. The zero-order valence-electron chi connectivity index (χ0n) is 28.8. The SMILES string of the molecule is Nc1ncnc2c1ncn2[C@@H]1O[C@H](COP(=O)(O)NCCCOCCOCCOCCCNC(=O)CCCC[C@H]2SCC3NC(=O)NC32)[C@@H](O)[C@H]1O. The van der Waals surface area contributed by atoms with Gasteiger partial charge in [-0.2, -0.15) is 11.8 Å². The van der Waals surface area contributed by atoms with Gasteiger partial charge in [0.05, 0.1) is 51.4 Å². The van der Waals surface area contributed by atoms with Crippen molar-refractivity contribution in [3.8, 4) is 0 Å². The lowest BCUT2D eigenvalue weighted by Crippen LogP contribution is -2.36. The molecule has 52 heavy (non-hydrogen) atoms. The average molecular weight is 776 g/mol. The molecule has 0 bridgehead atoms. The van der Waals surface area contributed by atoms with Gasteiger partial charge in [0, 0.05) is 43.7 Å². The Hall–Kier alpha value is -2.69. The number of aliphatic hydroxyl groups excluding tert-OH is 2. The third-order valence-corrected chi connectivity index (χ3v) is 11.4. The molecule has 3 fully saturated rings. The number of anilines is 1. The molecule has 2 aromatic rings. The summed E-state index contributed by atoms with van der Waals surface area (Å²) in [6.45, 7) is 2.60. The Kier molecular flexibility index (Phi) is 15.7. The van der Waals surface area contributed by atoms with Crippen LogP contribution < -0.4 is 26.8 Å². The minimum atomic E-state index is -4.23. The van der Waals surface area contributed by atoms with Crippen molar-refractivity contribution in [2.24, 2.45) is 0 Å². The maximum absolute atomic E-state index is 12.4. The number of aromatic nitrogens is 4. The zero-order valence-corrected chi connectivity index (χ0v) is 30.6. The van der Waals surface area contributed by atoms with E-state index >= 15 is 0 Å². The van der Waals surface area contributed by atoms with E-state index in [1.807, 2.05) is 11.8 Å². The van der Waals surface area contributed by atoms with Crippen LogP contribution >= 0.6 is 19.5 Å². The first kappa shape index (κ1) is 40.5. The van der Waals surface area contributed by atoms with Crippen LogP contribution in [0.25, 0.3) is 11.2 Å². The number of ether oxygens (including phenoxy) is 4.